The van der Waals surface area contributed by atoms with Gasteiger partial charge < -0.3 is 15.5 Å². The van der Waals surface area contributed by atoms with Crippen LogP contribution in [0.5, 0.6) is 0 Å². The first kappa shape index (κ1) is 13.2. The van der Waals surface area contributed by atoms with Crippen LogP contribution in [-0.2, 0) is 9.59 Å². The van der Waals surface area contributed by atoms with Gasteiger partial charge in [-0.25, -0.2) is 0 Å². The molecule has 0 aliphatic carbocycles. The molecule has 5 nitrogen and oxygen atoms in total. The third-order valence-corrected chi connectivity index (χ3v) is 2.46. The number of carboxylic acid groups (broad SMARTS) is 1. The number of aliphatic hydroxyl groups excluding tert-OH is 1. The van der Waals surface area contributed by atoms with E-state index in [4.69, 9.17) is 5.11 Å². The minimum absolute atomic E-state index is 0.276. The lowest BCUT2D eigenvalue weighted by molar-refractivity contribution is -0.146. The van der Waals surface area contributed by atoms with Crippen LogP contribution >= 0.6 is 0 Å². The molecule has 2 unspecified atom stereocenters. The van der Waals surface area contributed by atoms with Crippen LogP contribution in [0.2, 0.25) is 0 Å². The van der Waals surface area contributed by atoms with E-state index in [1.54, 1.807) is 24.3 Å². The number of rotatable bonds is 5. The van der Waals surface area contributed by atoms with E-state index in [2.05, 4.69) is 5.32 Å². The Kier molecular flexibility index (Phi) is 4.66. The summed E-state index contributed by atoms with van der Waals surface area (Å²) in [6, 6.07) is 8.32. The molecule has 0 aromatic heterocycles. The molecule has 1 aromatic carbocycles. The molecule has 5 heteroatoms. The van der Waals surface area contributed by atoms with Crippen molar-refractivity contribution in [2.24, 2.45) is 5.92 Å². The number of aliphatic hydroxyl groups is 1. The van der Waals surface area contributed by atoms with Gasteiger partial charge in [-0.2, -0.15) is 0 Å². The second-order valence-corrected chi connectivity index (χ2v) is 3.71. The Labute approximate surface area is 99.1 Å². The lowest BCUT2D eigenvalue weighted by Crippen LogP contribution is -2.37. The van der Waals surface area contributed by atoms with Gasteiger partial charge in [0.05, 0.1) is 12.6 Å². The third kappa shape index (κ3) is 3.57. The molecule has 17 heavy (non-hydrogen) atoms. The predicted octanol–water partition coefficient (Wildman–Crippen LogP) is 0.557. The Morgan fingerprint density at radius 2 is 1.88 bits per heavy atom. The fourth-order valence-electron chi connectivity index (χ4n) is 1.33. The lowest BCUT2D eigenvalue weighted by Gasteiger charge is -2.18. The molecule has 3 N–H and O–H groups in total. The number of benzene rings is 1. The van der Waals surface area contributed by atoms with Crippen molar-refractivity contribution >= 4 is 11.9 Å². The van der Waals surface area contributed by atoms with Gasteiger partial charge in [-0.05, 0) is 12.5 Å². The fourth-order valence-corrected chi connectivity index (χ4v) is 1.33. The summed E-state index contributed by atoms with van der Waals surface area (Å²) in [4.78, 5) is 22.1. The summed E-state index contributed by atoms with van der Waals surface area (Å²) in [5.74, 6) is -2.93. The van der Waals surface area contributed by atoms with Gasteiger partial charge in [0, 0.05) is 0 Å². The molecule has 0 bridgehead atoms. The van der Waals surface area contributed by atoms with Crippen LogP contribution in [0.3, 0.4) is 0 Å². The first-order chi connectivity index (χ1) is 8.06. The van der Waals surface area contributed by atoms with Crippen LogP contribution in [0.1, 0.15) is 18.5 Å². The van der Waals surface area contributed by atoms with E-state index in [1.807, 2.05) is 6.07 Å². The van der Waals surface area contributed by atoms with Gasteiger partial charge in [0.15, 0.2) is 0 Å². The van der Waals surface area contributed by atoms with Gasteiger partial charge in [-0.3, -0.25) is 9.59 Å². The van der Waals surface area contributed by atoms with E-state index in [0.29, 0.717) is 0 Å². The normalized spacial score (nSPS) is 13.8. The van der Waals surface area contributed by atoms with Gasteiger partial charge in [0.25, 0.3) is 0 Å². The fraction of sp³-hybridized carbons (Fsp3) is 0.333. The smallest absolute Gasteiger partial charge is 0.315 e. The SMILES string of the molecule is CC(C(=O)O)C(=O)NC(CO)c1ccccc1. The van der Waals surface area contributed by atoms with E-state index >= 15 is 0 Å². The molecule has 0 aliphatic rings. The molecular formula is C12H15NO4. The van der Waals surface area contributed by atoms with Crippen LogP contribution < -0.4 is 5.32 Å². The standard InChI is InChI=1S/C12H15NO4/c1-8(12(16)17)11(15)13-10(7-14)9-5-3-2-4-6-9/h2-6,8,10,14H,7H2,1H3,(H,13,15)(H,16,17). The molecule has 92 valence electrons. The highest BCUT2D eigenvalue weighted by Gasteiger charge is 2.23. The molecule has 1 amide bonds. The number of hydrogen-bond donors (Lipinski definition) is 3. The van der Waals surface area contributed by atoms with Crippen molar-refractivity contribution in [3.05, 3.63) is 35.9 Å². The maximum Gasteiger partial charge on any atom is 0.315 e. The largest absolute Gasteiger partial charge is 0.481 e. The maximum absolute atomic E-state index is 11.5. The molecular weight excluding hydrogens is 222 g/mol. The molecule has 0 spiro atoms. The van der Waals surface area contributed by atoms with Gasteiger partial charge in [-0.15, -0.1) is 0 Å². The summed E-state index contributed by atoms with van der Waals surface area (Å²) >= 11 is 0. The van der Waals surface area contributed by atoms with Crippen LogP contribution in [0.15, 0.2) is 30.3 Å². The molecule has 0 fully saturated rings. The highest BCUT2D eigenvalue weighted by molar-refractivity contribution is 5.96. The van der Waals surface area contributed by atoms with E-state index in [-0.39, 0.29) is 6.61 Å². The molecule has 0 saturated carbocycles. The molecule has 1 aromatic rings. The van der Waals surface area contributed by atoms with Gasteiger partial charge in [0.1, 0.15) is 5.92 Å². The summed E-state index contributed by atoms with van der Waals surface area (Å²) in [6.07, 6.45) is 0. The molecule has 0 radical (unpaired) electrons. The number of carboxylic acids is 1. The number of amides is 1. The minimum Gasteiger partial charge on any atom is -0.481 e. The Morgan fingerprint density at radius 1 is 1.29 bits per heavy atom. The van der Waals surface area contributed by atoms with Crippen molar-refractivity contribution in [3.8, 4) is 0 Å². The first-order valence-corrected chi connectivity index (χ1v) is 5.25. The van der Waals surface area contributed by atoms with Crippen molar-refractivity contribution in [3.63, 3.8) is 0 Å². The zero-order valence-corrected chi connectivity index (χ0v) is 9.46. The highest BCUT2D eigenvalue weighted by Crippen LogP contribution is 2.12. The number of aliphatic carboxylic acids is 1. The number of hydrogen-bond acceptors (Lipinski definition) is 3. The average Bonchev–Trinajstić information content (AvgIpc) is 2.35. The number of carbonyl (C=O) groups is 2. The van der Waals surface area contributed by atoms with Crippen LogP contribution in [0.4, 0.5) is 0 Å². The Balaban J connectivity index is 2.71. The molecule has 0 heterocycles. The zero-order chi connectivity index (χ0) is 12.8. The van der Waals surface area contributed by atoms with Crippen molar-refractivity contribution < 1.29 is 19.8 Å². The second-order valence-electron chi connectivity index (χ2n) is 3.71. The van der Waals surface area contributed by atoms with Crippen molar-refractivity contribution in [1.29, 1.82) is 0 Å². The molecule has 0 aliphatic heterocycles. The second kappa shape index (κ2) is 6.00. The monoisotopic (exact) mass is 237 g/mol. The van der Waals surface area contributed by atoms with Crippen LogP contribution in [-0.4, -0.2) is 28.7 Å². The van der Waals surface area contributed by atoms with E-state index < -0.39 is 23.8 Å². The van der Waals surface area contributed by atoms with Crippen molar-refractivity contribution in [2.75, 3.05) is 6.61 Å². The average molecular weight is 237 g/mol. The summed E-state index contributed by atoms with van der Waals surface area (Å²) in [7, 11) is 0. The van der Waals surface area contributed by atoms with Crippen LogP contribution in [0.25, 0.3) is 0 Å². The van der Waals surface area contributed by atoms with E-state index in [1.165, 1.54) is 6.92 Å². The lowest BCUT2D eigenvalue weighted by atomic mass is 10.1. The number of carbonyl (C=O) groups excluding carboxylic acids is 1. The van der Waals surface area contributed by atoms with Gasteiger partial charge in [-0.1, -0.05) is 30.3 Å². The van der Waals surface area contributed by atoms with E-state index in [9.17, 15) is 14.7 Å². The first-order valence-electron chi connectivity index (χ1n) is 5.25. The maximum atomic E-state index is 11.5. The molecule has 0 saturated heterocycles. The topological polar surface area (TPSA) is 86.6 Å². The highest BCUT2D eigenvalue weighted by atomic mass is 16.4. The van der Waals surface area contributed by atoms with Gasteiger partial charge >= 0.3 is 5.97 Å². The summed E-state index contributed by atoms with van der Waals surface area (Å²) in [5.41, 5.74) is 0.737. The summed E-state index contributed by atoms with van der Waals surface area (Å²) < 4.78 is 0. The Morgan fingerprint density at radius 3 is 2.35 bits per heavy atom. The molecule has 2 atom stereocenters. The zero-order valence-electron chi connectivity index (χ0n) is 9.46. The third-order valence-electron chi connectivity index (χ3n) is 2.46. The minimum atomic E-state index is -1.19. The Bertz CT molecular complexity index is 391. The Hall–Kier alpha value is -1.88. The van der Waals surface area contributed by atoms with Crippen molar-refractivity contribution in [2.45, 2.75) is 13.0 Å². The van der Waals surface area contributed by atoms with Crippen LogP contribution in [0, 0.1) is 5.92 Å². The summed E-state index contributed by atoms with van der Waals surface area (Å²) in [6.45, 7) is 1.03. The predicted molar refractivity (Wildman–Crippen MR) is 61.2 cm³/mol. The van der Waals surface area contributed by atoms with Gasteiger partial charge in [0.2, 0.25) is 5.91 Å². The number of nitrogens with one attached hydrogen (secondary N) is 1. The molecule has 1 rings (SSSR count). The van der Waals surface area contributed by atoms with E-state index in [0.717, 1.165) is 5.56 Å². The summed E-state index contributed by atoms with van der Waals surface area (Å²) in [5, 5.41) is 20.4. The van der Waals surface area contributed by atoms with Crippen molar-refractivity contribution in [1.82, 2.24) is 5.32 Å². The quantitative estimate of drug-likeness (QED) is 0.653.